The molecule has 0 atom stereocenters. The maximum atomic E-state index is 11.6. The fourth-order valence-corrected chi connectivity index (χ4v) is 2.16. The molecule has 2 N–H and O–H groups in total. The van der Waals surface area contributed by atoms with Gasteiger partial charge in [0.05, 0.1) is 12.2 Å². The van der Waals surface area contributed by atoms with Gasteiger partial charge in [-0.25, -0.2) is 0 Å². The summed E-state index contributed by atoms with van der Waals surface area (Å²) in [6.07, 6.45) is 5.50. The van der Waals surface area contributed by atoms with Crippen LogP contribution < -0.4 is 16.2 Å². The second-order valence-corrected chi connectivity index (χ2v) is 5.11. The summed E-state index contributed by atoms with van der Waals surface area (Å²) in [6.45, 7) is 2.19. The van der Waals surface area contributed by atoms with E-state index in [1.165, 1.54) is 0 Å². The van der Waals surface area contributed by atoms with Gasteiger partial charge in [-0.2, -0.15) is 0 Å². The standard InChI is InChI=1S/C17H23N5O.HI/c1-18-17(21-14-15-8-2-4-10-19-15)20-11-5-7-13-22-12-6-3-9-16(22)23;/h2-4,6,8-10,12H,5,7,11,13-14H2,1H3,(H2,18,20,21);1H. The number of guanidine groups is 1. The lowest BCUT2D eigenvalue weighted by Gasteiger charge is -2.11. The minimum absolute atomic E-state index is 0. The minimum atomic E-state index is 0. The zero-order valence-corrected chi connectivity index (χ0v) is 16.1. The first-order valence-electron chi connectivity index (χ1n) is 7.79. The van der Waals surface area contributed by atoms with Gasteiger partial charge >= 0.3 is 0 Å². The zero-order valence-electron chi connectivity index (χ0n) is 13.8. The Balaban J connectivity index is 0.00000288. The largest absolute Gasteiger partial charge is 0.356 e. The SMILES string of the molecule is CN=C(NCCCCn1ccccc1=O)NCc1ccccn1.I. The molecule has 0 spiro atoms. The van der Waals surface area contributed by atoms with E-state index in [1.54, 1.807) is 29.9 Å². The number of nitrogens with one attached hydrogen (secondary N) is 2. The van der Waals surface area contributed by atoms with Crippen LogP contribution >= 0.6 is 24.0 Å². The quantitative estimate of drug-likeness (QED) is 0.299. The molecule has 2 aromatic rings. The van der Waals surface area contributed by atoms with Gasteiger partial charge in [0.25, 0.3) is 0 Å². The summed E-state index contributed by atoms with van der Waals surface area (Å²) < 4.78 is 1.73. The average Bonchev–Trinajstić information content (AvgIpc) is 2.59. The van der Waals surface area contributed by atoms with Crippen molar-refractivity contribution in [2.24, 2.45) is 4.99 Å². The number of aromatic nitrogens is 2. The number of hydrogen-bond donors (Lipinski definition) is 2. The van der Waals surface area contributed by atoms with E-state index in [0.717, 1.165) is 37.6 Å². The molecular formula is C17H24IN5O. The Bertz CT molecular complexity index is 672. The van der Waals surface area contributed by atoms with Crippen molar-refractivity contribution in [3.8, 4) is 0 Å². The number of rotatable bonds is 7. The third kappa shape index (κ3) is 7.12. The van der Waals surface area contributed by atoms with Crippen LogP contribution in [0.5, 0.6) is 0 Å². The maximum absolute atomic E-state index is 11.6. The summed E-state index contributed by atoms with van der Waals surface area (Å²) in [5.41, 5.74) is 1.02. The van der Waals surface area contributed by atoms with Crippen LogP contribution in [0.15, 0.2) is 58.6 Å². The fourth-order valence-electron chi connectivity index (χ4n) is 2.16. The third-order valence-electron chi connectivity index (χ3n) is 3.40. The van der Waals surface area contributed by atoms with Crippen LogP contribution in [-0.4, -0.2) is 29.1 Å². The van der Waals surface area contributed by atoms with Crippen LogP contribution in [0.2, 0.25) is 0 Å². The van der Waals surface area contributed by atoms with Gasteiger partial charge in [0.1, 0.15) is 0 Å². The number of unbranched alkanes of at least 4 members (excludes halogenated alkanes) is 1. The highest BCUT2D eigenvalue weighted by Crippen LogP contribution is 1.93. The first-order valence-corrected chi connectivity index (χ1v) is 7.79. The molecule has 0 saturated carbocycles. The lowest BCUT2D eigenvalue weighted by Crippen LogP contribution is -2.37. The first kappa shape index (κ1) is 20.1. The van der Waals surface area contributed by atoms with E-state index in [2.05, 4.69) is 20.6 Å². The van der Waals surface area contributed by atoms with E-state index < -0.39 is 0 Å². The molecule has 2 rings (SSSR count). The molecule has 6 nitrogen and oxygen atoms in total. The molecule has 0 radical (unpaired) electrons. The van der Waals surface area contributed by atoms with Crippen molar-refractivity contribution in [1.29, 1.82) is 0 Å². The van der Waals surface area contributed by atoms with Crippen LogP contribution in [0.3, 0.4) is 0 Å². The monoisotopic (exact) mass is 441 g/mol. The normalized spacial score (nSPS) is 10.8. The topological polar surface area (TPSA) is 71.3 Å². The van der Waals surface area contributed by atoms with E-state index in [-0.39, 0.29) is 29.5 Å². The van der Waals surface area contributed by atoms with E-state index in [4.69, 9.17) is 0 Å². The lowest BCUT2D eigenvalue weighted by molar-refractivity contribution is 0.585. The van der Waals surface area contributed by atoms with E-state index in [9.17, 15) is 4.79 Å². The number of aryl methyl sites for hydroxylation is 1. The smallest absolute Gasteiger partial charge is 0.250 e. The van der Waals surface area contributed by atoms with Gasteiger partial charge in [0.2, 0.25) is 5.56 Å². The summed E-state index contributed by atoms with van der Waals surface area (Å²) in [6, 6.07) is 11.1. The van der Waals surface area contributed by atoms with Gasteiger partial charge in [-0.1, -0.05) is 12.1 Å². The first-order chi connectivity index (χ1) is 11.3. The summed E-state index contributed by atoms with van der Waals surface area (Å²) in [5.74, 6) is 0.757. The summed E-state index contributed by atoms with van der Waals surface area (Å²) >= 11 is 0. The maximum Gasteiger partial charge on any atom is 0.250 e. The second kappa shape index (κ2) is 11.6. The van der Waals surface area contributed by atoms with Gasteiger partial charge in [-0.3, -0.25) is 14.8 Å². The molecule has 2 heterocycles. The highest BCUT2D eigenvalue weighted by atomic mass is 127. The Hall–Kier alpha value is -1.90. The van der Waals surface area contributed by atoms with Gasteiger partial charge in [0.15, 0.2) is 5.96 Å². The van der Waals surface area contributed by atoms with Crippen LogP contribution in [0, 0.1) is 0 Å². The zero-order chi connectivity index (χ0) is 16.3. The fraction of sp³-hybridized carbons (Fsp3) is 0.353. The summed E-state index contributed by atoms with van der Waals surface area (Å²) in [7, 11) is 1.75. The number of halogens is 1. The summed E-state index contributed by atoms with van der Waals surface area (Å²) in [4.78, 5) is 20.0. The van der Waals surface area contributed by atoms with Crippen molar-refractivity contribution in [1.82, 2.24) is 20.2 Å². The van der Waals surface area contributed by atoms with Crippen molar-refractivity contribution in [3.63, 3.8) is 0 Å². The molecule has 0 unspecified atom stereocenters. The van der Waals surface area contributed by atoms with E-state index in [0.29, 0.717) is 6.54 Å². The van der Waals surface area contributed by atoms with Crippen molar-refractivity contribution in [2.45, 2.75) is 25.9 Å². The minimum Gasteiger partial charge on any atom is -0.356 e. The van der Waals surface area contributed by atoms with Crippen molar-refractivity contribution < 1.29 is 0 Å². The highest BCUT2D eigenvalue weighted by Gasteiger charge is 1.99. The van der Waals surface area contributed by atoms with Crippen LogP contribution in [0.4, 0.5) is 0 Å². The Morgan fingerprint density at radius 3 is 2.71 bits per heavy atom. The molecule has 130 valence electrons. The van der Waals surface area contributed by atoms with Crippen molar-refractivity contribution >= 4 is 29.9 Å². The molecule has 24 heavy (non-hydrogen) atoms. The molecule has 0 saturated heterocycles. The molecule has 7 heteroatoms. The predicted molar refractivity (Wildman–Crippen MR) is 108 cm³/mol. The van der Waals surface area contributed by atoms with Gasteiger partial charge in [-0.15, -0.1) is 24.0 Å². The molecule has 0 aliphatic rings. The molecular weight excluding hydrogens is 417 g/mol. The van der Waals surface area contributed by atoms with Gasteiger partial charge in [0, 0.05) is 38.6 Å². The molecule has 0 aliphatic carbocycles. The Morgan fingerprint density at radius 1 is 1.17 bits per heavy atom. The third-order valence-corrected chi connectivity index (χ3v) is 3.40. The number of hydrogen-bond acceptors (Lipinski definition) is 3. The van der Waals surface area contributed by atoms with Gasteiger partial charge < -0.3 is 15.2 Å². The van der Waals surface area contributed by atoms with Crippen molar-refractivity contribution in [2.75, 3.05) is 13.6 Å². The van der Waals surface area contributed by atoms with Gasteiger partial charge in [-0.05, 0) is 31.0 Å². The Morgan fingerprint density at radius 2 is 2.00 bits per heavy atom. The van der Waals surface area contributed by atoms with E-state index in [1.807, 2.05) is 30.5 Å². The predicted octanol–water partition coefficient (Wildman–Crippen LogP) is 2.01. The van der Waals surface area contributed by atoms with Crippen molar-refractivity contribution in [3.05, 3.63) is 64.8 Å². The number of nitrogens with zero attached hydrogens (tertiary/aromatic N) is 3. The number of pyridine rings is 2. The summed E-state index contributed by atoms with van der Waals surface area (Å²) in [5, 5.41) is 6.49. The molecule has 0 fully saturated rings. The number of aliphatic imine (C=N–C) groups is 1. The molecule has 2 aromatic heterocycles. The lowest BCUT2D eigenvalue weighted by atomic mass is 10.3. The average molecular weight is 441 g/mol. The second-order valence-electron chi connectivity index (χ2n) is 5.11. The van der Waals surface area contributed by atoms with E-state index >= 15 is 0 Å². The molecule has 0 amide bonds. The molecule has 0 bridgehead atoms. The highest BCUT2D eigenvalue weighted by molar-refractivity contribution is 14.0. The van der Waals surface area contributed by atoms with Crippen LogP contribution in [-0.2, 0) is 13.1 Å². The molecule has 0 aromatic carbocycles. The Kier molecular flexibility index (Phi) is 9.74. The van der Waals surface area contributed by atoms with Crippen LogP contribution in [0.25, 0.3) is 0 Å². The van der Waals surface area contributed by atoms with Crippen LogP contribution in [0.1, 0.15) is 18.5 Å². The molecule has 0 aliphatic heterocycles. The Labute approximate surface area is 159 Å².